The van der Waals surface area contributed by atoms with E-state index in [4.69, 9.17) is 0 Å². The van der Waals surface area contributed by atoms with Crippen molar-refractivity contribution in [1.29, 1.82) is 0 Å². The zero-order valence-corrected chi connectivity index (χ0v) is 11.9. The summed E-state index contributed by atoms with van der Waals surface area (Å²) in [4.78, 5) is 0. The molecule has 2 unspecified atom stereocenters. The standard InChI is InChI=1S/C15H25NS/c1-12(2)9-16-10-15-6-5-14(15)4-3-13-7-8-17-11-13/h7-8,11-12,14-16H,3-6,9-10H2,1-2H3. The van der Waals surface area contributed by atoms with Crippen LogP contribution in [-0.2, 0) is 6.42 Å². The largest absolute Gasteiger partial charge is 0.316 e. The molecule has 1 nitrogen and oxygen atoms in total. The Morgan fingerprint density at radius 3 is 2.76 bits per heavy atom. The molecule has 0 aromatic carbocycles. The molecule has 17 heavy (non-hydrogen) atoms. The van der Waals surface area contributed by atoms with Gasteiger partial charge in [-0.15, -0.1) is 0 Å². The van der Waals surface area contributed by atoms with Gasteiger partial charge in [0.1, 0.15) is 0 Å². The van der Waals surface area contributed by atoms with E-state index in [0.717, 1.165) is 17.8 Å². The first-order chi connectivity index (χ1) is 8.25. The molecule has 1 aromatic heterocycles. The molecule has 1 aromatic rings. The van der Waals surface area contributed by atoms with Gasteiger partial charge in [0.25, 0.3) is 0 Å². The molecule has 0 aliphatic heterocycles. The molecule has 1 aliphatic rings. The molecular formula is C15H25NS. The Bertz CT molecular complexity index is 305. The van der Waals surface area contributed by atoms with Crippen molar-refractivity contribution in [2.75, 3.05) is 13.1 Å². The average molecular weight is 251 g/mol. The fourth-order valence-corrected chi connectivity index (χ4v) is 3.33. The Morgan fingerprint density at radius 1 is 1.35 bits per heavy atom. The van der Waals surface area contributed by atoms with E-state index in [1.807, 2.05) is 11.3 Å². The predicted molar refractivity (Wildman–Crippen MR) is 76.6 cm³/mol. The summed E-state index contributed by atoms with van der Waals surface area (Å²) in [5.74, 6) is 2.71. The molecule has 2 rings (SSSR count). The van der Waals surface area contributed by atoms with Crippen molar-refractivity contribution in [3.05, 3.63) is 22.4 Å². The Kier molecular flexibility index (Phi) is 5.05. The van der Waals surface area contributed by atoms with Crippen molar-refractivity contribution in [3.8, 4) is 0 Å². The van der Waals surface area contributed by atoms with Gasteiger partial charge in [0.2, 0.25) is 0 Å². The van der Waals surface area contributed by atoms with E-state index in [9.17, 15) is 0 Å². The highest BCUT2D eigenvalue weighted by molar-refractivity contribution is 7.07. The van der Waals surface area contributed by atoms with Crippen LogP contribution in [0.3, 0.4) is 0 Å². The van der Waals surface area contributed by atoms with Crippen molar-refractivity contribution < 1.29 is 0 Å². The summed E-state index contributed by atoms with van der Waals surface area (Å²) >= 11 is 1.82. The Morgan fingerprint density at radius 2 is 2.18 bits per heavy atom. The molecule has 1 aliphatic carbocycles. The third kappa shape index (κ3) is 4.11. The topological polar surface area (TPSA) is 12.0 Å². The molecule has 0 saturated heterocycles. The zero-order chi connectivity index (χ0) is 12.1. The van der Waals surface area contributed by atoms with Crippen LogP contribution >= 0.6 is 11.3 Å². The monoisotopic (exact) mass is 251 g/mol. The van der Waals surface area contributed by atoms with Gasteiger partial charge in [-0.1, -0.05) is 13.8 Å². The second kappa shape index (κ2) is 6.55. The van der Waals surface area contributed by atoms with Gasteiger partial charge in [-0.25, -0.2) is 0 Å². The van der Waals surface area contributed by atoms with Crippen molar-refractivity contribution in [1.82, 2.24) is 5.32 Å². The lowest BCUT2D eigenvalue weighted by atomic mass is 9.71. The number of hydrogen-bond donors (Lipinski definition) is 1. The number of nitrogens with one attached hydrogen (secondary N) is 1. The third-order valence-electron chi connectivity index (χ3n) is 3.92. The van der Waals surface area contributed by atoms with Gasteiger partial charge in [0, 0.05) is 0 Å². The van der Waals surface area contributed by atoms with Crippen molar-refractivity contribution in [3.63, 3.8) is 0 Å². The molecule has 96 valence electrons. The van der Waals surface area contributed by atoms with Gasteiger partial charge in [-0.3, -0.25) is 0 Å². The average Bonchev–Trinajstić information content (AvgIpc) is 2.75. The van der Waals surface area contributed by atoms with Gasteiger partial charge in [-0.05, 0) is 78.9 Å². The highest BCUT2D eigenvalue weighted by atomic mass is 32.1. The second-order valence-electron chi connectivity index (χ2n) is 5.82. The van der Waals surface area contributed by atoms with Gasteiger partial charge in [-0.2, -0.15) is 11.3 Å². The van der Waals surface area contributed by atoms with Gasteiger partial charge < -0.3 is 5.32 Å². The molecule has 1 saturated carbocycles. The summed E-state index contributed by atoms with van der Waals surface area (Å²) in [6.07, 6.45) is 5.58. The Labute approximate surface area is 110 Å². The van der Waals surface area contributed by atoms with Gasteiger partial charge in [0.15, 0.2) is 0 Å². The van der Waals surface area contributed by atoms with E-state index in [1.165, 1.54) is 44.3 Å². The molecule has 2 heteroatoms. The van der Waals surface area contributed by atoms with E-state index < -0.39 is 0 Å². The number of rotatable bonds is 7. The molecule has 1 fully saturated rings. The third-order valence-corrected chi connectivity index (χ3v) is 4.65. The van der Waals surface area contributed by atoms with Crippen LogP contribution in [0.25, 0.3) is 0 Å². The van der Waals surface area contributed by atoms with E-state index in [-0.39, 0.29) is 0 Å². The quantitative estimate of drug-likeness (QED) is 0.773. The minimum absolute atomic E-state index is 0.777. The van der Waals surface area contributed by atoms with Crippen molar-refractivity contribution in [2.24, 2.45) is 17.8 Å². The van der Waals surface area contributed by atoms with E-state index in [0.29, 0.717) is 0 Å². The summed E-state index contributed by atoms with van der Waals surface area (Å²) in [7, 11) is 0. The summed E-state index contributed by atoms with van der Waals surface area (Å²) in [5.41, 5.74) is 1.54. The van der Waals surface area contributed by atoms with Crippen LogP contribution in [0.15, 0.2) is 16.8 Å². The highest BCUT2D eigenvalue weighted by Crippen LogP contribution is 2.37. The van der Waals surface area contributed by atoms with Gasteiger partial charge in [0.05, 0.1) is 0 Å². The minimum atomic E-state index is 0.777. The smallest absolute Gasteiger partial charge is 0.00178 e. The fourth-order valence-electron chi connectivity index (χ4n) is 2.63. The first kappa shape index (κ1) is 13.1. The summed E-state index contributed by atoms with van der Waals surface area (Å²) < 4.78 is 0. The molecule has 0 radical (unpaired) electrons. The van der Waals surface area contributed by atoms with E-state index >= 15 is 0 Å². The van der Waals surface area contributed by atoms with Gasteiger partial charge >= 0.3 is 0 Å². The van der Waals surface area contributed by atoms with Crippen molar-refractivity contribution in [2.45, 2.75) is 39.5 Å². The first-order valence-corrected chi connectivity index (χ1v) is 7.91. The lowest BCUT2D eigenvalue weighted by molar-refractivity contribution is 0.159. The highest BCUT2D eigenvalue weighted by Gasteiger charge is 2.29. The minimum Gasteiger partial charge on any atom is -0.316 e. The summed E-state index contributed by atoms with van der Waals surface area (Å²) in [6, 6.07) is 2.27. The lowest BCUT2D eigenvalue weighted by Gasteiger charge is -2.37. The van der Waals surface area contributed by atoms with E-state index in [1.54, 1.807) is 0 Å². The van der Waals surface area contributed by atoms with E-state index in [2.05, 4.69) is 36.0 Å². The van der Waals surface area contributed by atoms with Crippen LogP contribution in [-0.4, -0.2) is 13.1 Å². The predicted octanol–water partition coefficient (Wildman–Crippen LogP) is 3.95. The maximum absolute atomic E-state index is 3.61. The summed E-state index contributed by atoms with van der Waals surface area (Å²) in [5, 5.41) is 8.10. The molecular weight excluding hydrogens is 226 g/mol. The molecule has 2 atom stereocenters. The SMILES string of the molecule is CC(C)CNCC1CCC1CCc1ccsc1. The van der Waals surface area contributed by atoms with Crippen LogP contribution < -0.4 is 5.32 Å². The first-order valence-electron chi connectivity index (χ1n) is 6.97. The van der Waals surface area contributed by atoms with Crippen LogP contribution in [0.1, 0.15) is 38.7 Å². The summed E-state index contributed by atoms with van der Waals surface area (Å²) in [6.45, 7) is 6.98. The van der Waals surface area contributed by atoms with Crippen LogP contribution in [0.5, 0.6) is 0 Å². The fraction of sp³-hybridized carbons (Fsp3) is 0.733. The molecule has 0 bridgehead atoms. The van der Waals surface area contributed by atoms with Crippen LogP contribution in [0.2, 0.25) is 0 Å². The lowest BCUT2D eigenvalue weighted by Crippen LogP contribution is -2.36. The maximum Gasteiger partial charge on any atom is -0.00178 e. The molecule has 0 amide bonds. The molecule has 1 heterocycles. The number of thiophene rings is 1. The molecule has 1 N–H and O–H groups in total. The molecule has 0 spiro atoms. The normalized spacial score (nSPS) is 23.9. The Hall–Kier alpha value is -0.340. The van der Waals surface area contributed by atoms with Crippen molar-refractivity contribution >= 4 is 11.3 Å². The van der Waals surface area contributed by atoms with Crippen LogP contribution in [0, 0.1) is 17.8 Å². The zero-order valence-electron chi connectivity index (χ0n) is 11.1. The number of aryl methyl sites for hydroxylation is 1. The number of hydrogen-bond acceptors (Lipinski definition) is 2. The second-order valence-corrected chi connectivity index (χ2v) is 6.60. The van der Waals surface area contributed by atoms with Crippen LogP contribution in [0.4, 0.5) is 0 Å². The Balaban J connectivity index is 1.61. The maximum atomic E-state index is 3.61.